The first-order valence-corrected chi connectivity index (χ1v) is 6.91. The average Bonchev–Trinajstić information content (AvgIpc) is 2.25. The number of likely N-dealkylation sites (tertiary alicyclic amines) is 1. The van der Waals surface area contributed by atoms with Gasteiger partial charge in [0.2, 0.25) is 5.91 Å². The number of amides is 1. The van der Waals surface area contributed by atoms with E-state index in [9.17, 15) is 14.7 Å². The minimum atomic E-state index is -1.05. The molecule has 1 unspecified atom stereocenters. The molecule has 1 aliphatic heterocycles. The zero-order chi connectivity index (χ0) is 14.6. The molecule has 0 aromatic heterocycles. The Hall–Kier alpha value is -1.10. The van der Waals surface area contributed by atoms with E-state index in [2.05, 4.69) is 17.3 Å². The fourth-order valence-electron chi connectivity index (χ4n) is 2.49. The first kappa shape index (κ1) is 16.0. The summed E-state index contributed by atoms with van der Waals surface area (Å²) in [6.45, 7) is 8.01. The highest BCUT2D eigenvalue weighted by Gasteiger charge is 2.37. The van der Waals surface area contributed by atoms with Crippen molar-refractivity contribution in [1.82, 2.24) is 10.2 Å². The lowest BCUT2D eigenvalue weighted by Gasteiger charge is -2.30. The number of carboxylic acid groups (broad SMARTS) is 1. The molecule has 1 atom stereocenters. The molecule has 1 fully saturated rings. The summed E-state index contributed by atoms with van der Waals surface area (Å²) in [5, 5.41) is 12.0. The third kappa shape index (κ3) is 4.82. The maximum atomic E-state index is 12.0. The average molecular weight is 270 g/mol. The van der Waals surface area contributed by atoms with Crippen LogP contribution in [0, 0.1) is 17.3 Å². The zero-order valence-corrected chi connectivity index (χ0v) is 12.4. The molecule has 5 heteroatoms. The summed E-state index contributed by atoms with van der Waals surface area (Å²) in [5.41, 5.74) is -0.567. The van der Waals surface area contributed by atoms with Crippen LogP contribution in [0.15, 0.2) is 0 Å². The molecule has 0 aromatic rings. The molecule has 1 rings (SSSR count). The minimum Gasteiger partial charge on any atom is -0.481 e. The largest absolute Gasteiger partial charge is 0.481 e. The summed E-state index contributed by atoms with van der Waals surface area (Å²) >= 11 is 0. The number of hydrogen-bond donors (Lipinski definition) is 2. The summed E-state index contributed by atoms with van der Waals surface area (Å²) in [6.07, 6.45) is 2.12. The molecular weight excluding hydrogens is 244 g/mol. The Morgan fingerprint density at radius 2 is 1.84 bits per heavy atom. The van der Waals surface area contributed by atoms with E-state index in [1.807, 2.05) is 0 Å². The van der Waals surface area contributed by atoms with Gasteiger partial charge < -0.3 is 15.3 Å². The number of carbonyl (C=O) groups excluding carboxylic acids is 1. The third-order valence-corrected chi connectivity index (χ3v) is 3.78. The second-order valence-corrected chi connectivity index (χ2v) is 6.63. The summed E-state index contributed by atoms with van der Waals surface area (Å²) in [4.78, 5) is 25.5. The highest BCUT2D eigenvalue weighted by Crippen LogP contribution is 2.26. The molecule has 0 aliphatic carbocycles. The van der Waals surface area contributed by atoms with Crippen molar-refractivity contribution < 1.29 is 14.7 Å². The molecule has 0 aromatic carbocycles. The molecule has 5 nitrogen and oxygen atoms in total. The van der Waals surface area contributed by atoms with Crippen molar-refractivity contribution >= 4 is 11.9 Å². The Balaban J connectivity index is 2.47. The number of hydrogen-bond acceptors (Lipinski definition) is 3. The summed E-state index contributed by atoms with van der Waals surface area (Å²) in [5.74, 6) is -1.93. The van der Waals surface area contributed by atoms with E-state index >= 15 is 0 Å². The number of carbonyl (C=O) groups is 2. The second-order valence-electron chi connectivity index (χ2n) is 6.63. The lowest BCUT2D eigenvalue weighted by Crippen LogP contribution is -2.45. The van der Waals surface area contributed by atoms with E-state index in [1.165, 1.54) is 0 Å². The summed E-state index contributed by atoms with van der Waals surface area (Å²) in [7, 11) is 2.09. The zero-order valence-electron chi connectivity index (χ0n) is 12.4. The van der Waals surface area contributed by atoms with Crippen LogP contribution in [0.2, 0.25) is 0 Å². The van der Waals surface area contributed by atoms with Gasteiger partial charge >= 0.3 is 5.97 Å². The van der Waals surface area contributed by atoms with Crippen LogP contribution in [0.3, 0.4) is 0 Å². The molecular formula is C14H26N2O3. The number of aliphatic carboxylic acids is 1. The van der Waals surface area contributed by atoms with Crippen LogP contribution in [-0.2, 0) is 9.59 Å². The fourth-order valence-corrected chi connectivity index (χ4v) is 2.49. The molecule has 0 bridgehead atoms. The van der Waals surface area contributed by atoms with Crippen molar-refractivity contribution in [1.29, 1.82) is 0 Å². The molecule has 1 saturated heterocycles. The Labute approximate surface area is 115 Å². The SMILES string of the molecule is CN1CCC(CNC(=O)C(C(=O)O)C(C)(C)C)CC1. The van der Waals surface area contributed by atoms with Crippen LogP contribution in [-0.4, -0.2) is 48.6 Å². The van der Waals surface area contributed by atoms with Gasteiger partial charge in [0, 0.05) is 6.54 Å². The highest BCUT2D eigenvalue weighted by atomic mass is 16.4. The molecule has 0 saturated carbocycles. The molecule has 0 spiro atoms. The fraction of sp³-hybridized carbons (Fsp3) is 0.857. The number of carboxylic acids is 1. The number of nitrogens with one attached hydrogen (secondary N) is 1. The predicted octanol–water partition coefficient (Wildman–Crippen LogP) is 1.19. The molecule has 1 amide bonds. The van der Waals surface area contributed by atoms with Gasteiger partial charge in [-0.1, -0.05) is 20.8 Å². The number of rotatable bonds is 4. The molecule has 0 radical (unpaired) electrons. The Morgan fingerprint density at radius 3 is 2.26 bits per heavy atom. The van der Waals surface area contributed by atoms with Gasteiger partial charge in [0.25, 0.3) is 0 Å². The monoisotopic (exact) mass is 270 g/mol. The Morgan fingerprint density at radius 1 is 1.32 bits per heavy atom. The maximum Gasteiger partial charge on any atom is 0.316 e. The van der Waals surface area contributed by atoms with Gasteiger partial charge in [-0.15, -0.1) is 0 Å². The summed E-state index contributed by atoms with van der Waals surface area (Å²) < 4.78 is 0. The second kappa shape index (κ2) is 6.37. The standard InChI is InChI=1S/C14H26N2O3/c1-14(2,3)11(13(18)19)12(17)15-9-10-5-7-16(4)8-6-10/h10-11H,5-9H2,1-4H3,(H,15,17)(H,18,19). The highest BCUT2D eigenvalue weighted by molar-refractivity contribution is 5.97. The quantitative estimate of drug-likeness (QED) is 0.753. The van der Waals surface area contributed by atoms with Crippen molar-refractivity contribution in [3.63, 3.8) is 0 Å². The number of piperidine rings is 1. The van der Waals surface area contributed by atoms with Gasteiger partial charge in [0.15, 0.2) is 0 Å². The summed E-state index contributed by atoms with van der Waals surface area (Å²) in [6, 6.07) is 0. The van der Waals surface area contributed by atoms with E-state index in [4.69, 9.17) is 0 Å². The topological polar surface area (TPSA) is 69.6 Å². The van der Waals surface area contributed by atoms with E-state index < -0.39 is 17.3 Å². The first-order chi connectivity index (χ1) is 8.71. The van der Waals surface area contributed by atoms with E-state index in [0.717, 1.165) is 25.9 Å². The normalized spacial score (nSPS) is 20.0. The van der Waals surface area contributed by atoms with E-state index in [-0.39, 0.29) is 5.91 Å². The Kier molecular flexibility index (Phi) is 5.35. The van der Waals surface area contributed by atoms with Crippen molar-refractivity contribution in [2.75, 3.05) is 26.7 Å². The lowest BCUT2D eigenvalue weighted by molar-refractivity contribution is -0.151. The minimum absolute atomic E-state index is 0.362. The maximum absolute atomic E-state index is 12.0. The number of nitrogens with zero attached hydrogens (tertiary/aromatic N) is 1. The molecule has 1 aliphatic rings. The first-order valence-electron chi connectivity index (χ1n) is 6.91. The van der Waals surface area contributed by atoms with Gasteiger partial charge in [-0.2, -0.15) is 0 Å². The molecule has 110 valence electrons. The van der Waals surface area contributed by atoms with Crippen LogP contribution < -0.4 is 5.32 Å². The van der Waals surface area contributed by atoms with Gasteiger partial charge in [-0.25, -0.2) is 0 Å². The smallest absolute Gasteiger partial charge is 0.316 e. The van der Waals surface area contributed by atoms with Crippen molar-refractivity contribution in [2.45, 2.75) is 33.6 Å². The van der Waals surface area contributed by atoms with Crippen LogP contribution in [0.5, 0.6) is 0 Å². The molecule has 1 heterocycles. The van der Waals surface area contributed by atoms with Crippen LogP contribution >= 0.6 is 0 Å². The van der Waals surface area contributed by atoms with Gasteiger partial charge in [0.1, 0.15) is 5.92 Å². The van der Waals surface area contributed by atoms with Crippen LogP contribution in [0.4, 0.5) is 0 Å². The van der Waals surface area contributed by atoms with Crippen molar-refractivity contribution in [2.24, 2.45) is 17.3 Å². The Bertz CT molecular complexity index is 328. The van der Waals surface area contributed by atoms with Crippen molar-refractivity contribution in [3.8, 4) is 0 Å². The van der Waals surface area contributed by atoms with Gasteiger partial charge in [-0.05, 0) is 44.3 Å². The molecule has 19 heavy (non-hydrogen) atoms. The lowest BCUT2D eigenvalue weighted by atomic mass is 9.80. The predicted molar refractivity (Wildman–Crippen MR) is 73.8 cm³/mol. The van der Waals surface area contributed by atoms with Crippen LogP contribution in [0.25, 0.3) is 0 Å². The third-order valence-electron chi connectivity index (χ3n) is 3.78. The van der Waals surface area contributed by atoms with Crippen molar-refractivity contribution in [3.05, 3.63) is 0 Å². The molecule has 2 N–H and O–H groups in total. The van der Waals surface area contributed by atoms with E-state index in [0.29, 0.717) is 12.5 Å². The van der Waals surface area contributed by atoms with E-state index in [1.54, 1.807) is 20.8 Å². The van der Waals surface area contributed by atoms with Gasteiger partial charge in [0.05, 0.1) is 0 Å². The van der Waals surface area contributed by atoms with Gasteiger partial charge in [-0.3, -0.25) is 9.59 Å². The van der Waals surface area contributed by atoms with Crippen LogP contribution in [0.1, 0.15) is 33.6 Å².